The molecule has 0 amide bonds. The second-order valence-electron chi connectivity index (χ2n) is 11.2. The first-order chi connectivity index (χ1) is 18.2. The molecule has 0 bridgehead atoms. The largest absolute Gasteiger partial charge is 0.490 e. The molecule has 2 aliphatic carbocycles. The molecule has 2 aliphatic rings. The average molecular weight is 537 g/mol. The molecule has 0 radical (unpaired) electrons. The van der Waals surface area contributed by atoms with Crippen molar-refractivity contribution < 1.29 is 31.8 Å². The van der Waals surface area contributed by atoms with E-state index in [9.17, 15) is 17.6 Å². The van der Waals surface area contributed by atoms with Crippen molar-refractivity contribution in [3.05, 3.63) is 53.6 Å². The van der Waals surface area contributed by atoms with Gasteiger partial charge in [-0.25, -0.2) is 0 Å². The number of hydrogen-bond acceptors (Lipinski definition) is 3. The van der Waals surface area contributed by atoms with Crippen molar-refractivity contribution in [1.29, 1.82) is 0 Å². The predicted molar refractivity (Wildman–Crippen MR) is 140 cm³/mol. The molecule has 0 N–H and O–H groups in total. The average Bonchev–Trinajstić information content (AvgIpc) is 2.91. The van der Waals surface area contributed by atoms with E-state index < -0.39 is 30.1 Å². The SMILES string of the molecule is CCCC1CCC(c2ccc(OC(F)(F)COc3ccc(OCC4CCC(C)CC4)c(F)c3F)cc2)CC1. The van der Waals surface area contributed by atoms with Gasteiger partial charge in [0.15, 0.2) is 18.1 Å². The van der Waals surface area contributed by atoms with Gasteiger partial charge in [-0.1, -0.05) is 51.7 Å². The van der Waals surface area contributed by atoms with Gasteiger partial charge in [0, 0.05) is 0 Å². The fourth-order valence-electron chi connectivity index (χ4n) is 5.80. The Kier molecular flexibility index (Phi) is 9.83. The number of rotatable bonds is 11. The smallest absolute Gasteiger partial charge is 0.432 e. The third kappa shape index (κ3) is 7.79. The fraction of sp³-hybridized carbons (Fsp3) is 0.613. The maximum atomic E-state index is 14.5. The minimum atomic E-state index is -3.73. The Morgan fingerprint density at radius 2 is 1.34 bits per heavy atom. The lowest BCUT2D eigenvalue weighted by molar-refractivity contribution is -0.195. The van der Waals surface area contributed by atoms with Crippen LogP contribution in [0.1, 0.15) is 89.5 Å². The lowest BCUT2D eigenvalue weighted by Gasteiger charge is -2.28. The van der Waals surface area contributed by atoms with Gasteiger partial charge in [-0.05, 0) is 92.0 Å². The summed E-state index contributed by atoms with van der Waals surface area (Å²) in [6.45, 7) is 3.46. The van der Waals surface area contributed by atoms with E-state index in [2.05, 4.69) is 13.8 Å². The van der Waals surface area contributed by atoms with E-state index in [1.54, 1.807) is 0 Å². The molecule has 2 aromatic carbocycles. The van der Waals surface area contributed by atoms with Crippen molar-refractivity contribution in [3.63, 3.8) is 0 Å². The van der Waals surface area contributed by atoms with Crippen molar-refractivity contribution >= 4 is 0 Å². The minimum absolute atomic E-state index is 0.00507. The summed E-state index contributed by atoms with van der Waals surface area (Å²) in [5, 5.41) is 0. The Labute approximate surface area is 223 Å². The highest BCUT2D eigenvalue weighted by Crippen LogP contribution is 2.38. The van der Waals surface area contributed by atoms with Gasteiger partial charge < -0.3 is 14.2 Å². The van der Waals surface area contributed by atoms with Crippen LogP contribution in [0, 0.1) is 29.4 Å². The van der Waals surface area contributed by atoms with Crippen LogP contribution in [0.15, 0.2) is 36.4 Å². The number of benzene rings is 2. The fourth-order valence-corrected chi connectivity index (χ4v) is 5.80. The lowest BCUT2D eigenvalue weighted by atomic mass is 9.77. The highest BCUT2D eigenvalue weighted by molar-refractivity contribution is 5.35. The first kappa shape index (κ1) is 28.6. The van der Waals surface area contributed by atoms with Crippen molar-refractivity contribution in [1.82, 2.24) is 0 Å². The Morgan fingerprint density at radius 1 is 0.763 bits per heavy atom. The Morgan fingerprint density at radius 3 is 1.95 bits per heavy atom. The summed E-state index contributed by atoms with van der Waals surface area (Å²) in [4.78, 5) is 0. The van der Waals surface area contributed by atoms with Crippen LogP contribution in [0.3, 0.4) is 0 Å². The molecular formula is C31H40F4O3. The normalized spacial score (nSPS) is 24.2. The van der Waals surface area contributed by atoms with Crippen molar-refractivity contribution in [3.8, 4) is 17.2 Å². The third-order valence-electron chi connectivity index (χ3n) is 8.18. The Balaban J connectivity index is 1.26. The van der Waals surface area contributed by atoms with Gasteiger partial charge in [-0.3, -0.25) is 0 Å². The van der Waals surface area contributed by atoms with E-state index in [4.69, 9.17) is 14.2 Å². The standard InChI is InChI=1S/C31H40F4O3/c1-3-4-22-9-11-24(12-10-22)25-13-15-26(16-14-25)38-31(34,35)20-37-28-18-17-27(29(32)30(28)33)36-19-23-7-5-21(2)6-8-23/h13-18,21-24H,3-12,19-20H2,1-2H3. The molecule has 2 aromatic rings. The molecule has 3 nitrogen and oxygen atoms in total. The van der Waals surface area contributed by atoms with E-state index >= 15 is 0 Å². The van der Waals surface area contributed by atoms with Gasteiger partial charge in [0.1, 0.15) is 5.75 Å². The summed E-state index contributed by atoms with van der Waals surface area (Å²) >= 11 is 0. The minimum Gasteiger partial charge on any atom is -0.490 e. The maximum absolute atomic E-state index is 14.5. The highest BCUT2D eigenvalue weighted by Gasteiger charge is 2.34. The zero-order valence-corrected chi connectivity index (χ0v) is 22.5. The molecule has 0 atom stereocenters. The summed E-state index contributed by atoms with van der Waals surface area (Å²) in [6.07, 6.45) is 7.56. The molecule has 38 heavy (non-hydrogen) atoms. The molecule has 0 heterocycles. The summed E-state index contributed by atoms with van der Waals surface area (Å²) < 4.78 is 73.1. The van der Waals surface area contributed by atoms with Gasteiger partial charge in [-0.2, -0.15) is 17.6 Å². The second-order valence-corrected chi connectivity index (χ2v) is 11.2. The topological polar surface area (TPSA) is 27.7 Å². The monoisotopic (exact) mass is 536 g/mol. The molecule has 0 aliphatic heterocycles. The van der Waals surface area contributed by atoms with Crippen molar-refractivity contribution in [2.75, 3.05) is 13.2 Å². The molecule has 7 heteroatoms. The van der Waals surface area contributed by atoms with Gasteiger partial charge in [0.2, 0.25) is 11.6 Å². The first-order valence-electron chi connectivity index (χ1n) is 14.1. The van der Waals surface area contributed by atoms with Crippen molar-refractivity contribution in [2.45, 2.75) is 90.1 Å². The summed E-state index contributed by atoms with van der Waals surface area (Å²) in [7, 11) is 0. The molecule has 0 spiro atoms. The molecule has 4 rings (SSSR count). The van der Waals surface area contributed by atoms with E-state index in [1.807, 2.05) is 12.1 Å². The number of hydrogen-bond donors (Lipinski definition) is 0. The molecule has 2 saturated carbocycles. The maximum Gasteiger partial charge on any atom is 0.432 e. The molecule has 2 fully saturated rings. The van der Waals surface area contributed by atoms with Crippen LogP contribution in [-0.4, -0.2) is 19.3 Å². The van der Waals surface area contributed by atoms with Gasteiger partial charge >= 0.3 is 6.11 Å². The van der Waals surface area contributed by atoms with E-state index in [1.165, 1.54) is 43.9 Å². The van der Waals surface area contributed by atoms with Crippen LogP contribution < -0.4 is 14.2 Å². The van der Waals surface area contributed by atoms with Crippen LogP contribution in [0.5, 0.6) is 17.2 Å². The lowest BCUT2D eigenvalue weighted by Crippen LogP contribution is -2.32. The second kappa shape index (κ2) is 13.1. The Hall–Kier alpha value is -2.44. The third-order valence-corrected chi connectivity index (χ3v) is 8.18. The molecular weight excluding hydrogens is 496 g/mol. The van der Waals surface area contributed by atoms with Crippen LogP contribution in [0.25, 0.3) is 0 Å². The zero-order chi connectivity index (χ0) is 27.1. The first-order valence-corrected chi connectivity index (χ1v) is 14.1. The van der Waals surface area contributed by atoms with Gasteiger partial charge in [0.05, 0.1) is 6.61 Å². The number of ether oxygens (including phenoxy) is 3. The number of halogens is 4. The van der Waals surface area contributed by atoms with Gasteiger partial charge in [0.25, 0.3) is 0 Å². The molecule has 210 valence electrons. The predicted octanol–water partition coefficient (Wildman–Crippen LogP) is 9.29. The number of alkyl halides is 2. The summed E-state index contributed by atoms with van der Waals surface area (Å²) in [5.74, 6) is -1.23. The van der Waals surface area contributed by atoms with Crippen LogP contribution in [0.4, 0.5) is 17.6 Å². The van der Waals surface area contributed by atoms with E-state index in [0.29, 0.717) is 24.4 Å². The van der Waals surface area contributed by atoms with E-state index in [0.717, 1.165) is 56.1 Å². The zero-order valence-electron chi connectivity index (χ0n) is 22.5. The highest BCUT2D eigenvalue weighted by atomic mass is 19.3. The van der Waals surface area contributed by atoms with Gasteiger partial charge in [-0.15, -0.1) is 0 Å². The molecule has 0 saturated heterocycles. The summed E-state index contributed by atoms with van der Waals surface area (Å²) in [5.41, 5.74) is 1.13. The Bertz CT molecular complexity index is 1010. The van der Waals surface area contributed by atoms with Crippen LogP contribution in [-0.2, 0) is 0 Å². The van der Waals surface area contributed by atoms with Crippen LogP contribution >= 0.6 is 0 Å². The molecule has 0 unspecified atom stereocenters. The van der Waals surface area contributed by atoms with E-state index in [-0.39, 0.29) is 11.5 Å². The summed E-state index contributed by atoms with van der Waals surface area (Å²) in [6, 6.07) is 9.04. The quantitative estimate of drug-likeness (QED) is 0.268. The van der Waals surface area contributed by atoms with Crippen molar-refractivity contribution in [2.24, 2.45) is 17.8 Å². The van der Waals surface area contributed by atoms with Crippen LogP contribution in [0.2, 0.25) is 0 Å². The molecule has 0 aromatic heterocycles.